The highest BCUT2D eigenvalue weighted by atomic mass is 32.2. The van der Waals surface area contributed by atoms with E-state index in [9.17, 15) is 18.6 Å². The van der Waals surface area contributed by atoms with E-state index >= 15 is 0 Å². The zero-order valence-corrected chi connectivity index (χ0v) is 19.5. The second-order valence-electron chi connectivity index (χ2n) is 8.82. The second kappa shape index (κ2) is 10.4. The second-order valence-corrected chi connectivity index (χ2v) is 10.5. The Morgan fingerprint density at radius 2 is 1.18 bits per heavy atom. The molecule has 0 aromatic heterocycles. The van der Waals surface area contributed by atoms with E-state index in [0.29, 0.717) is 5.56 Å². The summed E-state index contributed by atoms with van der Waals surface area (Å²) in [5.74, 6) is -0.0820. The van der Waals surface area contributed by atoms with Crippen molar-refractivity contribution in [1.29, 1.82) is 0 Å². The van der Waals surface area contributed by atoms with Gasteiger partial charge in [0, 0.05) is 12.0 Å². The molecule has 1 aliphatic rings. The molecule has 0 aliphatic heterocycles. The maximum Gasteiger partial charge on any atom is 0.241 e. The van der Waals surface area contributed by atoms with Gasteiger partial charge in [0.25, 0.3) is 0 Å². The standard InChI is InChI=1S/C27H31NO4S/c29-23-16-12-20(13-17-23)27(21-14-18-24(30)19-15-21)25-10-6-7-11-26(25)33(31,32)28-22-8-4-2-1-3-5-9-22/h6-7,10-19,22,27-30H,1-5,8-9H2. The molecule has 0 unspecified atom stereocenters. The summed E-state index contributed by atoms with van der Waals surface area (Å²) in [6.45, 7) is 0. The van der Waals surface area contributed by atoms with Crippen molar-refractivity contribution in [3.63, 3.8) is 0 Å². The van der Waals surface area contributed by atoms with Gasteiger partial charge in [-0.3, -0.25) is 0 Å². The van der Waals surface area contributed by atoms with Gasteiger partial charge in [-0.25, -0.2) is 13.1 Å². The van der Waals surface area contributed by atoms with Crippen LogP contribution >= 0.6 is 0 Å². The van der Waals surface area contributed by atoms with Gasteiger partial charge in [0.15, 0.2) is 0 Å². The van der Waals surface area contributed by atoms with Gasteiger partial charge in [0.1, 0.15) is 11.5 Å². The summed E-state index contributed by atoms with van der Waals surface area (Å²) in [5.41, 5.74) is 2.37. The molecule has 0 saturated heterocycles. The van der Waals surface area contributed by atoms with E-state index in [2.05, 4.69) is 4.72 Å². The Morgan fingerprint density at radius 1 is 0.697 bits per heavy atom. The minimum Gasteiger partial charge on any atom is -0.508 e. The molecule has 1 aliphatic carbocycles. The molecule has 0 atom stereocenters. The van der Waals surface area contributed by atoms with Gasteiger partial charge in [0.2, 0.25) is 10.0 Å². The molecule has 0 radical (unpaired) electrons. The quantitative estimate of drug-likeness (QED) is 0.410. The van der Waals surface area contributed by atoms with Gasteiger partial charge in [-0.2, -0.15) is 0 Å². The highest BCUT2D eigenvalue weighted by molar-refractivity contribution is 7.89. The van der Waals surface area contributed by atoms with Gasteiger partial charge < -0.3 is 10.2 Å². The molecule has 0 bridgehead atoms. The van der Waals surface area contributed by atoms with Gasteiger partial charge in [0.05, 0.1) is 4.90 Å². The van der Waals surface area contributed by atoms with Crippen LogP contribution in [0, 0.1) is 0 Å². The first-order valence-electron chi connectivity index (χ1n) is 11.6. The van der Waals surface area contributed by atoms with Crippen molar-refractivity contribution >= 4 is 10.0 Å². The molecule has 0 heterocycles. The summed E-state index contributed by atoms with van der Waals surface area (Å²) in [5, 5.41) is 19.6. The van der Waals surface area contributed by atoms with Crippen LogP contribution in [0.1, 0.15) is 67.6 Å². The topological polar surface area (TPSA) is 86.6 Å². The molecule has 4 rings (SSSR count). The van der Waals surface area contributed by atoms with Crippen LogP contribution in [0.5, 0.6) is 11.5 Å². The van der Waals surface area contributed by atoms with E-state index in [1.807, 2.05) is 12.1 Å². The van der Waals surface area contributed by atoms with Crippen molar-refractivity contribution in [2.45, 2.75) is 61.8 Å². The van der Waals surface area contributed by atoms with Crippen molar-refractivity contribution in [2.24, 2.45) is 0 Å². The van der Waals surface area contributed by atoms with Crippen LogP contribution < -0.4 is 4.72 Å². The number of benzene rings is 3. The molecule has 1 saturated carbocycles. The molecular formula is C27H31NO4S. The fraction of sp³-hybridized carbons (Fsp3) is 0.333. The van der Waals surface area contributed by atoms with Crippen LogP contribution in [0.15, 0.2) is 77.7 Å². The number of sulfonamides is 1. The van der Waals surface area contributed by atoms with E-state index in [-0.39, 0.29) is 28.4 Å². The van der Waals surface area contributed by atoms with Crippen molar-refractivity contribution in [3.8, 4) is 11.5 Å². The molecule has 1 fully saturated rings. The lowest BCUT2D eigenvalue weighted by Gasteiger charge is -2.25. The Hall–Kier alpha value is -2.83. The number of rotatable bonds is 6. The molecule has 174 valence electrons. The van der Waals surface area contributed by atoms with Gasteiger partial charge in [-0.15, -0.1) is 0 Å². The molecule has 3 aromatic carbocycles. The molecule has 0 spiro atoms. The highest BCUT2D eigenvalue weighted by Gasteiger charge is 2.28. The van der Waals surface area contributed by atoms with E-state index in [1.54, 1.807) is 60.7 Å². The van der Waals surface area contributed by atoms with E-state index < -0.39 is 10.0 Å². The van der Waals surface area contributed by atoms with E-state index in [4.69, 9.17) is 0 Å². The number of phenols is 2. The number of phenolic OH excluding ortho intramolecular Hbond substituents is 2. The molecule has 0 amide bonds. The minimum absolute atomic E-state index is 0.0517. The number of hydrogen-bond donors (Lipinski definition) is 3. The lowest BCUT2D eigenvalue weighted by atomic mass is 9.85. The summed E-state index contributed by atoms with van der Waals surface area (Å²) in [6, 6.07) is 20.7. The smallest absolute Gasteiger partial charge is 0.241 e. The van der Waals surface area contributed by atoms with Crippen LogP contribution in [0.2, 0.25) is 0 Å². The SMILES string of the molecule is O=S(=O)(NC1CCCCCCC1)c1ccccc1C(c1ccc(O)cc1)c1ccc(O)cc1. The lowest BCUT2D eigenvalue weighted by molar-refractivity contribution is 0.426. The number of nitrogens with one attached hydrogen (secondary N) is 1. The van der Waals surface area contributed by atoms with E-state index in [0.717, 1.165) is 49.7 Å². The fourth-order valence-corrected chi connectivity index (χ4v) is 6.26. The zero-order chi connectivity index (χ0) is 23.3. The molecule has 5 nitrogen and oxygen atoms in total. The fourth-order valence-electron chi connectivity index (χ4n) is 4.71. The first-order valence-corrected chi connectivity index (χ1v) is 13.1. The van der Waals surface area contributed by atoms with Crippen LogP contribution in [-0.2, 0) is 10.0 Å². The Morgan fingerprint density at radius 3 is 1.73 bits per heavy atom. The average Bonchev–Trinajstić information content (AvgIpc) is 2.78. The summed E-state index contributed by atoms with van der Waals surface area (Å²) in [6.07, 6.45) is 7.33. The third kappa shape index (κ3) is 5.75. The van der Waals surface area contributed by atoms with Gasteiger partial charge in [-0.1, -0.05) is 74.6 Å². The summed E-state index contributed by atoms with van der Waals surface area (Å²) < 4.78 is 30.2. The average molecular weight is 466 g/mol. The minimum atomic E-state index is -3.74. The third-order valence-electron chi connectivity index (χ3n) is 6.40. The van der Waals surface area contributed by atoms with Crippen molar-refractivity contribution < 1.29 is 18.6 Å². The number of hydrogen-bond acceptors (Lipinski definition) is 4. The van der Waals surface area contributed by atoms with Crippen LogP contribution in [0.4, 0.5) is 0 Å². The van der Waals surface area contributed by atoms with Crippen molar-refractivity contribution in [2.75, 3.05) is 0 Å². The number of aromatic hydroxyl groups is 2. The first-order chi connectivity index (χ1) is 15.9. The zero-order valence-electron chi connectivity index (χ0n) is 18.7. The van der Waals surface area contributed by atoms with Gasteiger partial charge >= 0.3 is 0 Å². The molecular weight excluding hydrogens is 434 g/mol. The Balaban J connectivity index is 1.76. The molecule has 33 heavy (non-hydrogen) atoms. The first kappa shape index (κ1) is 23.3. The van der Waals surface area contributed by atoms with Crippen LogP contribution in [0.3, 0.4) is 0 Å². The predicted molar refractivity (Wildman–Crippen MR) is 130 cm³/mol. The van der Waals surface area contributed by atoms with E-state index in [1.165, 1.54) is 6.42 Å². The van der Waals surface area contributed by atoms with Crippen molar-refractivity contribution in [3.05, 3.63) is 89.5 Å². The Bertz CT molecular complexity index is 1100. The van der Waals surface area contributed by atoms with Crippen molar-refractivity contribution in [1.82, 2.24) is 4.72 Å². The molecule has 6 heteroatoms. The Kier molecular flexibility index (Phi) is 7.36. The molecule has 3 aromatic rings. The maximum atomic E-state index is 13.6. The lowest BCUT2D eigenvalue weighted by Crippen LogP contribution is -2.36. The maximum absolute atomic E-state index is 13.6. The Labute approximate surface area is 196 Å². The van der Waals surface area contributed by atoms with Crippen LogP contribution in [-0.4, -0.2) is 24.7 Å². The molecule has 3 N–H and O–H groups in total. The third-order valence-corrected chi connectivity index (χ3v) is 7.99. The summed E-state index contributed by atoms with van der Waals surface area (Å²) in [7, 11) is -3.74. The largest absolute Gasteiger partial charge is 0.508 e. The van der Waals surface area contributed by atoms with Gasteiger partial charge in [-0.05, 0) is 59.9 Å². The monoisotopic (exact) mass is 465 g/mol. The summed E-state index contributed by atoms with van der Waals surface area (Å²) >= 11 is 0. The normalized spacial score (nSPS) is 15.8. The highest BCUT2D eigenvalue weighted by Crippen LogP contribution is 2.37. The van der Waals surface area contributed by atoms with Crippen LogP contribution in [0.25, 0.3) is 0 Å². The summed E-state index contributed by atoms with van der Waals surface area (Å²) in [4.78, 5) is 0.262. The predicted octanol–water partition coefficient (Wildman–Crippen LogP) is 5.67.